The van der Waals surface area contributed by atoms with Crippen LogP contribution >= 0.6 is 11.8 Å². The highest BCUT2D eigenvalue weighted by Gasteiger charge is 2.16. The highest BCUT2D eigenvalue weighted by Crippen LogP contribution is 2.17. The number of hydrogen-bond acceptors (Lipinski definition) is 4. The van der Waals surface area contributed by atoms with Gasteiger partial charge in [0.15, 0.2) is 0 Å². The lowest BCUT2D eigenvalue weighted by atomic mass is 10.1. The van der Waals surface area contributed by atoms with Crippen molar-refractivity contribution in [3.63, 3.8) is 0 Å². The van der Waals surface area contributed by atoms with E-state index < -0.39 is 0 Å². The minimum Gasteiger partial charge on any atom is -0.309 e. The van der Waals surface area contributed by atoms with Crippen molar-refractivity contribution >= 4 is 22.5 Å². The molecule has 2 unspecified atom stereocenters. The Kier molecular flexibility index (Phi) is 4.60. The van der Waals surface area contributed by atoms with Crippen molar-refractivity contribution < 1.29 is 0 Å². The summed E-state index contributed by atoms with van der Waals surface area (Å²) in [6, 6.07) is 8.43. The molecule has 0 aliphatic carbocycles. The van der Waals surface area contributed by atoms with Crippen LogP contribution in [-0.4, -0.2) is 33.4 Å². The van der Waals surface area contributed by atoms with Gasteiger partial charge in [-0.3, -0.25) is 4.79 Å². The van der Waals surface area contributed by atoms with Crippen LogP contribution in [0.25, 0.3) is 10.8 Å². The number of fused-ring (bicyclic) bond motifs is 1. The summed E-state index contributed by atoms with van der Waals surface area (Å²) in [5.41, 5.74) is -0.000214. The lowest BCUT2D eigenvalue weighted by molar-refractivity contribution is 0.387. The minimum atomic E-state index is -0.000214. The zero-order valence-corrected chi connectivity index (χ0v) is 13.1. The zero-order chi connectivity index (χ0) is 14.7. The first kappa shape index (κ1) is 14.6. The average Bonchev–Trinajstić information content (AvgIpc) is 2.51. The molecule has 1 aromatic heterocycles. The number of hydrogen-bond donors (Lipinski definition) is 1. The molecule has 0 amide bonds. The van der Waals surface area contributed by atoms with Gasteiger partial charge in [0, 0.05) is 23.2 Å². The molecule has 0 radical (unpaired) electrons. The SMILES string of the molecule is CC(Cn1ncc2ccccc2c1=O)NC1CCCSC1. The quantitative estimate of drug-likeness (QED) is 0.941. The molecule has 4 nitrogen and oxygen atoms in total. The van der Waals surface area contributed by atoms with Crippen LogP contribution in [0.4, 0.5) is 0 Å². The van der Waals surface area contributed by atoms with E-state index in [9.17, 15) is 4.79 Å². The summed E-state index contributed by atoms with van der Waals surface area (Å²) in [6.45, 7) is 2.74. The lowest BCUT2D eigenvalue weighted by Gasteiger charge is -2.26. The highest BCUT2D eigenvalue weighted by molar-refractivity contribution is 7.99. The van der Waals surface area contributed by atoms with E-state index in [0.717, 1.165) is 10.8 Å². The molecule has 3 rings (SSSR count). The third-order valence-electron chi connectivity index (χ3n) is 3.89. The standard InChI is InChI=1S/C16H21N3OS/c1-12(18-14-6-4-8-21-11-14)10-19-16(20)15-7-3-2-5-13(15)9-17-19/h2-3,5,7,9,12,14,18H,4,6,8,10-11H2,1H3. The molecule has 112 valence electrons. The van der Waals surface area contributed by atoms with E-state index in [1.807, 2.05) is 36.0 Å². The Labute approximate surface area is 128 Å². The molecule has 0 spiro atoms. The van der Waals surface area contributed by atoms with Crippen LogP contribution in [0.3, 0.4) is 0 Å². The predicted octanol–water partition coefficient (Wildman–Crippen LogP) is 2.27. The average molecular weight is 303 g/mol. The summed E-state index contributed by atoms with van der Waals surface area (Å²) < 4.78 is 1.58. The Bertz CT molecular complexity index is 664. The second-order valence-corrected chi connectivity index (χ2v) is 6.85. The molecule has 1 aliphatic heterocycles. The molecule has 21 heavy (non-hydrogen) atoms. The maximum Gasteiger partial charge on any atom is 0.274 e. The first-order valence-corrected chi connectivity index (χ1v) is 8.68. The van der Waals surface area contributed by atoms with Gasteiger partial charge in [-0.05, 0) is 31.6 Å². The number of nitrogens with one attached hydrogen (secondary N) is 1. The van der Waals surface area contributed by atoms with Crippen LogP contribution < -0.4 is 10.9 Å². The maximum atomic E-state index is 12.4. The number of aromatic nitrogens is 2. The topological polar surface area (TPSA) is 46.9 Å². The first-order valence-electron chi connectivity index (χ1n) is 7.52. The van der Waals surface area contributed by atoms with Crippen molar-refractivity contribution in [2.45, 2.75) is 38.4 Å². The molecule has 0 bridgehead atoms. The number of thioether (sulfide) groups is 1. The Morgan fingerprint density at radius 2 is 2.33 bits per heavy atom. The Morgan fingerprint density at radius 1 is 1.48 bits per heavy atom. The van der Waals surface area contributed by atoms with E-state index in [1.54, 1.807) is 10.9 Å². The van der Waals surface area contributed by atoms with E-state index in [-0.39, 0.29) is 11.6 Å². The summed E-state index contributed by atoms with van der Waals surface area (Å²) in [4.78, 5) is 12.4. The van der Waals surface area contributed by atoms with Gasteiger partial charge in [0.2, 0.25) is 0 Å². The molecular weight excluding hydrogens is 282 g/mol. The van der Waals surface area contributed by atoms with Crippen molar-refractivity contribution in [2.24, 2.45) is 0 Å². The van der Waals surface area contributed by atoms with Crippen LogP contribution in [-0.2, 0) is 6.54 Å². The summed E-state index contributed by atoms with van der Waals surface area (Å²) in [7, 11) is 0. The van der Waals surface area contributed by atoms with Crippen LogP contribution in [0.15, 0.2) is 35.3 Å². The van der Waals surface area contributed by atoms with Crippen molar-refractivity contribution in [2.75, 3.05) is 11.5 Å². The third-order valence-corrected chi connectivity index (χ3v) is 5.10. The normalized spacial score (nSPS) is 20.5. The molecule has 5 heteroatoms. The molecular formula is C16H21N3OS. The van der Waals surface area contributed by atoms with Crippen molar-refractivity contribution in [3.05, 3.63) is 40.8 Å². The van der Waals surface area contributed by atoms with Gasteiger partial charge >= 0.3 is 0 Å². The van der Waals surface area contributed by atoms with Crippen LogP contribution in [0.5, 0.6) is 0 Å². The fourth-order valence-electron chi connectivity index (χ4n) is 2.84. The van der Waals surface area contributed by atoms with Gasteiger partial charge in [0.05, 0.1) is 18.1 Å². The molecule has 1 aromatic carbocycles. The van der Waals surface area contributed by atoms with E-state index in [1.165, 1.54) is 24.3 Å². The fraction of sp³-hybridized carbons (Fsp3) is 0.500. The molecule has 1 saturated heterocycles. The summed E-state index contributed by atoms with van der Waals surface area (Å²) >= 11 is 2.01. The second-order valence-electron chi connectivity index (χ2n) is 5.70. The van der Waals surface area contributed by atoms with Gasteiger partial charge < -0.3 is 5.32 Å². The molecule has 1 aliphatic rings. The largest absolute Gasteiger partial charge is 0.309 e. The number of rotatable bonds is 4. The zero-order valence-electron chi connectivity index (χ0n) is 12.3. The van der Waals surface area contributed by atoms with Gasteiger partial charge in [-0.25, -0.2) is 4.68 Å². The van der Waals surface area contributed by atoms with E-state index in [2.05, 4.69) is 17.3 Å². The molecule has 2 atom stereocenters. The maximum absolute atomic E-state index is 12.4. The Balaban J connectivity index is 1.72. The van der Waals surface area contributed by atoms with Crippen LogP contribution in [0.1, 0.15) is 19.8 Å². The number of nitrogens with zero attached hydrogens (tertiary/aromatic N) is 2. The second kappa shape index (κ2) is 6.62. The van der Waals surface area contributed by atoms with E-state index in [0.29, 0.717) is 12.6 Å². The van der Waals surface area contributed by atoms with Gasteiger partial charge in [-0.2, -0.15) is 16.9 Å². The van der Waals surface area contributed by atoms with Crippen molar-refractivity contribution in [1.82, 2.24) is 15.1 Å². The summed E-state index contributed by atoms with van der Waals surface area (Å²) in [5.74, 6) is 2.45. The van der Waals surface area contributed by atoms with Crippen LogP contribution in [0, 0.1) is 0 Å². The van der Waals surface area contributed by atoms with Crippen LogP contribution in [0.2, 0.25) is 0 Å². The Morgan fingerprint density at radius 3 is 3.14 bits per heavy atom. The summed E-state index contributed by atoms with van der Waals surface area (Å²) in [6.07, 6.45) is 4.29. The third kappa shape index (κ3) is 3.47. The number of benzene rings is 1. The molecule has 1 N–H and O–H groups in total. The Hall–Kier alpha value is -1.33. The van der Waals surface area contributed by atoms with Crippen molar-refractivity contribution in [1.29, 1.82) is 0 Å². The van der Waals surface area contributed by atoms with E-state index in [4.69, 9.17) is 0 Å². The predicted molar refractivity (Wildman–Crippen MR) is 88.9 cm³/mol. The van der Waals surface area contributed by atoms with Gasteiger partial charge in [0.25, 0.3) is 5.56 Å². The van der Waals surface area contributed by atoms with Crippen molar-refractivity contribution in [3.8, 4) is 0 Å². The molecule has 2 aromatic rings. The first-order chi connectivity index (χ1) is 10.2. The molecule has 2 heterocycles. The van der Waals surface area contributed by atoms with Gasteiger partial charge in [0.1, 0.15) is 0 Å². The minimum absolute atomic E-state index is 0.000214. The highest BCUT2D eigenvalue weighted by atomic mass is 32.2. The smallest absolute Gasteiger partial charge is 0.274 e. The van der Waals surface area contributed by atoms with E-state index >= 15 is 0 Å². The lowest BCUT2D eigenvalue weighted by Crippen LogP contribution is -2.43. The summed E-state index contributed by atoms with van der Waals surface area (Å²) in [5, 5.41) is 9.57. The fourth-order valence-corrected chi connectivity index (χ4v) is 3.93. The molecule has 1 fully saturated rings. The van der Waals surface area contributed by atoms with Gasteiger partial charge in [-0.15, -0.1) is 0 Å². The monoisotopic (exact) mass is 303 g/mol. The molecule has 0 saturated carbocycles. The van der Waals surface area contributed by atoms with Gasteiger partial charge in [-0.1, -0.05) is 18.2 Å².